The first-order chi connectivity index (χ1) is 19.2. The molecule has 0 unspecified atom stereocenters. The Bertz CT molecular complexity index is 1670. The summed E-state index contributed by atoms with van der Waals surface area (Å²) >= 11 is 0. The molecule has 1 aliphatic carbocycles. The predicted molar refractivity (Wildman–Crippen MR) is 159 cm³/mol. The van der Waals surface area contributed by atoms with E-state index in [0.717, 1.165) is 80.3 Å². The number of fused-ring (bicyclic) bond motifs is 2. The molecule has 1 saturated carbocycles. The van der Waals surface area contributed by atoms with E-state index in [-0.39, 0.29) is 0 Å². The molecule has 0 radical (unpaired) electrons. The molecule has 5 aromatic rings. The van der Waals surface area contributed by atoms with Gasteiger partial charge in [-0.1, -0.05) is 37.6 Å². The number of rotatable bonds is 9. The summed E-state index contributed by atoms with van der Waals surface area (Å²) in [6.45, 7) is 7.98. The molecule has 6 rings (SSSR count). The van der Waals surface area contributed by atoms with Crippen LogP contribution in [0.2, 0.25) is 0 Å². The van der Waals surface area contributed by atoms with Crippen LogP contribution >= 0.6 is 0 Å². The van der Waals surface area contributed by atoms with E-state index in [1.165, 1.54) is 25.7 Å². The first-order valence-electron chi connectivity index (χ1n) is 13.7. The number of aromatic nitrogens is 6. The summed E-state index contributed by atoms with van der Waals surface area (Å²) in [6, 6.07) is 10.2. The molecule has 0 aromatic carbocycles. The van der Waals surface area contributed by atoms with Crippen molar-refractivity contribution in [2.45, 2.75) is 32.6 Å². The SMILES string of the molecule is C=C/C(=C\C(=C/C)c1ccc2[nH]nc(-c3cc4c(-c5cccnc5)cncc4[nH]3)c2n1)CNCC1CCCC1. The molecule has 196 valence electrons. The highest BCUT2D eigenvalue weighted by Crippen LogP contribution is 2.33. The maximum Gasteiger partial charge on any atom is 0.135 e. The van der Waals surface area contributed by atoms with Crippen LogP contribution in [0.4, 0.5) is 0 Å². The Balaban J connectivity index is 1.30. The summed E-state index contributed by atoms with van der Waals surface area (Å²) in [4.78, 5) is 17.3. The van der Waals surface area contributed by atoms with Crippen molar-refractivity contribution < 1.29 is 0 Å². The highest BCUT2D eigenvalue weighted by atomic mass is 15.1. The van der Waals surface area contributed by atoms with Gasteiger partial charge >= 0.3 is 0 Å². The minimum atomic E-state index is 0.779. The standard InChI is InChI=1S/C32H33N7/c1-3-21(16-34-17-22-8-5-6-9-22)14-23(4-2)27-11-12-28-31(37-27)32(39-38-28)29-15-25-26(19-35-20-30(25)36-29)24-10-7-13-33-18-24/h3-4,7,10-15,18-20,22,34,36H,1,5-6,8-9,16-17H2,2H3,(H,38,39)/b21-14+,23-4+. The Labute approximate surface area is 228 Å². The van der Waals surface area contributed by atoms with Gasteiger partial charge in [0.15, 0.2) is 0 Å². The van der Waals surface area contributed by atoms with Crippen LogP contribution < -0.4 is 5.32 Å². The van der Waals surface area contributed by atoms with Gasteiger partial charge in [0, 0.05) is 41.6 Å². The maximum absolute atomic E-state index is 5.06. The fourth-order valence-electron chi connectivity index (χ4n) is 5.50. The van der Waals surface area contributed by atoms with Crippen LogP contribution in [0.25, 0.3) is 50.0 Å². The van der Waals surface area contributed by atoms with Gasteiger partial charge in [0.25, 0.3) is 0 Å². The van der Waals surface area contributed by atoms with Crippen molar-refractivity contribution in [2.24, 2.45) is 5.92 Å². The lowest BCUT2D eigenvalue weighted by molar-refractivity contribution is 0.503. The summed E-state index contributed by atoms with van der Waals surface area (Å²) < 4.78 is 0. The van der Waals surface area contributed by atoms with Crippen molar-refractivity contribution in [3.63, 3.8) is 0 Å². The molecule has 5 aromatic heterocycles. The Morgan fingerprint density at radius 3 is 2.79 bits per heavy atom. The number of nitrogens with one attached hydrogen (secondary N) is 3. The van der Waals surface area contributed by atoms with Crippen molar-refractivity contribution in [1.82, 2.24) is 35.5 Å². The molecule has 39 heavy (non-hydrogen) atoms. The summed E-state index contributed by atoms with van der Waals surface area (Å²) in [5, 5.41) is 12.5. The second kappa shape index (κ2) is 11.2. The van der Waals surface area contributed by atoms with Gasteiger partial charge in [-0.2, -0.15) is 5.10 Å². The molecule has 7 nitrogen and oxygen atoms in total. The molecule has 1 aliphatic rings. The van der Waals surface area contributed by atoms with Gasteiger partial charge in [-0.3, -0.25) is 15.1 Å². The van der Waals surface area contributed by atoms with Gasteiger partial charge in [-0.15, -0.1) is 0 Å². The molecule has 5 heterocycles. The molecule has 1 fully saturated rings. The van der Waals surface area contributed by atoms with Crippen molar-refractivity contribution in [1.29, 1.82) is 0 Å². The third kappa shape index (κ3) is 5.18. The molecule has 0 aliphatic heterocycles. The van der Waals surface area contributed by atoms with Crippen molar-refractivity contribution >= 4 is 27.5 Å². The summed E-state index contributed by atoms with van der Waals surface area (Å²) in [5.41, 5.74) is 9.48. The van der Waals surface area contributed by atoms with Gasteiger partial charge in [-0.05, 0) is 73.7 Å². The number of hydrogen-bond donors (Lipinski definition) is 3. The Hall–Kier alpha value is -4.36. The first kappa shape index (κ1) is 24.9. The molecule has 7 heteroatoms. The molecule has 0 saturated heterocycles. The van der Waals surface area contributed by atoms with Gasteiger partial charge in [0.2, 0.25) is 0 Å². The summed E-state index contributed by atoms with van der Waals surface area (Å²) in [7, 11) is 0. The van der Waals surface area contributed by atoms with E-state index in [1.54, 1.807) is 6.20 Å². The second-order valence-electron chi connectivity index (χ2n) is 10.2. The minimum absolute atomic E-state index is 0.779. The zero-order valence-corrected chi connectivity index (χ0v) is 22.2. The molecular weight excluding hydrogens is 482 g/mol. The zero-order chi connectivity index (χ0) is 26.6. The Kier molecular flexibility index (Phi) is 7.15. The highest BCUT2D eigenvalue weighted by molar-refractivity contribution is 5.99. The number of nitrogens with zero attached hydrogens (tertiary/aromatic N) is 4. The molecule has 3 N–H and O–H groups in total. The first-order valence-corrected chi connectivity index (χ1v) is 13.7. The smallest absolute Gasteiger partial charge is 0.135 e. The van der Waals surface area contributed by atoms with Gasteiger partial charge in [0.05, 0.1) is 28.6 Å². The van der Waals surface area contributed by atoms with E-state index < -0.39 is 0 Å². The van der Waals surface area contributed by atoms with Crippen LogP contribution in [0.3, 0.4) is 0 Å². The number of hydrogen-bond acceptors (Lipinski definition) is 5. The van der Waals surface area contributed by atoms with Crippen LogP contribution in [0.1, 0.15) is 38.3 Å². The normalized spacial score (nSPS) is 15.0. The number of pyridine rings is 3. The fraction of sp³-hybridized carbons (Fsp3) is 0.250. The summed E-state index contributed by atoms with van der Waals surface area (Å²) in [6.07, 6.45) is 19.0. The van der Waals surface area contributed by atoms with E-state index in [0.29, 0.717) is 0 Å². The molecular formula is C32H33N7. The van der Waals surface area contributed by atoms with Crippen molar-refractivity contribution in [3.8, 4) is 22.5 Å². The topological polar surface area (TPSA) is 95.2 Å². The highest BCUT2D eigenvalue weighted by Gasteiger charge is 2.17. The fourth-order valence-corrected chi connectivity index (χ4v) is 5.50. The number of aromatic amines is 2. The monoisotopic (exact) mass is 515 g/mol. The van der Waals surface area contributed by atoms with Gasteiger partial charge < -0.3 is 10.3 Å². The maximum atomic E-state index is 5.06. The number of allylic oxidation sites excluding steroid dienone is 3. The van der Waals surface area contributed by atoms with Crippen LogP contribution in [0.5, 0.6) is 0 Å². The van der Waals surface area contributed by atoms with Crippen LogP contribution in [0, 0.1) is 5.92 Å². The van der Waals surface area contributed by atoms with Gasteiger partial charge in [0.1, 0.15) is 11.2 Å². The van der Waals surface area contributed by atoms with Crippen LogP contribution in [-0.2, 0) is 0 Å². The van der Waals surface area contributed by atoms with Gasteiger partial charge in [-0.25, -0.2) is 4.98 Å². The lowest BCUT2D eigenvalue weighted by atomic mass is 10.1. The van der Waals surface area contributed by atoms with E-state index in [1.807, 2.05) is 55.9 Å². The third-order valence-electron chi connectivity index (χ3n) is 7.63. The second-order valence-corrected chi connectivity index (χ2v) is 10.2. The van der Waals surface area contributed by atoms with Crippen LogP contribution in [-0.4, -0.2) is 43.2 Å². The average Bonchev–Trinajstić information content (AvgIpc) is 3.74. The van der Waals surface area contributed by atoms with E-state index in [9.17, 15) is 0 Å². The minimum Gasteiger partial charge on any atom is -0.352 e. The quantitative estimate of drug-likeness (QED) is 0.186. The Morgan fingerprint density at radius 1 is 1.10 bits per heavy atom. The van der Waals surface area contributed by atoms with Crippen LogP contribution in [0.15, 0.2) is 85.5 Å². The van der Waals surface area contributed by atoms with Crippen molar-refractivity contribution in [3.05, 3.63) is 91.2 Å². The summed E-state index contributed by atoms with van der Waals surface area (Å²) in [5.74, 6) is 0.807. The zero-order valence-electron chi connectivity index (χ0n) is 22.2. The molecule has 0 amide bonds. The van der Waals surface area contributed by atoms with E-state index >= 15 is 0 Å². The predicted octanol–water partition coefficient (Wildman–Crippen LogP) is 6.86. The average molecular weight is 516 g/mol. The van der Waals surface area contributed by atoms with E-state index in [2.05, 4.69) is 55.3 Å². The van der Waals surface area contributed by atoms with E-state index in [4.69, 9.17) is 4.98 Å². The van der Waals surface area contributed by atoms with Crippen molar-refractivity contribution in [2.75, 3.05) is 13.1 Å². The molecule has 0 bridgehead atoms. The largest absolute Gasteiger partial charge is 0.352 e. The third-order valence-corrected chi connectivity index (χ3v) is 7.63. The lowest BCUT2D eigenvalue weighted by Crippen LogP contribution is -2.23. The Morgan fingerprint density at radius 2 is 2.00 bits per heavy atom. The lowest BCUT2D eigenvalue weighted by Gasteiger charge is -2.11. The molecule has 0 atom stereocenters. The number of H-pyrrole nitrogens is 2. The molecule has 0 spiro atoms.